The summed E-state index contributed by atoms with van der Waals surface area (Å²) in [5.74, 6) is -0.170. The maximum atomic E-state index is 11.8. The van der Waals surface area contributed by atoms with Crippen LogP contribution in [0.5, 0.6) is 23.0 Å². The highest BCUT2D eigenvalue weighted by molar-refractivity contribution is 7.50. The molecule has 1 aromatic rings. The summed E-state index contributed by atoms with van der Waals surface area (Å²) in [5, 5.41) is 10.8. The molecular weight excluding hydrogens is 253 g/mol. The first-order valence-electron chi connectivity index (χ1n) is 4.71. The zero-order valence-electron chi connectivity index (χ0n) is 8.54. The number of ether oxygens (including phenoxy) is 1. The minimum atomic E-state index is -3.78. The number of benzene rings is 1. The van der Waals surface area contributed by atoms with E-state index >= 15 is 0 Å². The monoisotopic (exact) mass is 259 g/mol. The standard InChI is InChI=1S/C8H6NO7P/c1-2-13-5-3-4-6(9(10)11)8-7(5)15-17(12,14-4)16-8/h3H,2H2,1H3. The third kappa shape index (κ3) is 1.27. The number of nitrogens with zero attached hydrogens (tertiary/aromatic N) is 1. The molecule has 0 amide bonds. The van der Waals surface area contributed by atoms with Crippen LogP contribution in [-0.2, 0) is 4.57 Å². The van der Waals surface area contributed by atoms with Crippen LogP contribution in [0, 0.1) is 10.1 Å². The minimum absolute atomic E-state index is 0.0388. The van der Waals surface area contributed by atoms with E-state index in [2.05, 4.69) is 0 Å². The molecule has 3 rings (SSSR count). The fourth-order valence-corrected chi connectivity index (χ4v) is 2.94. The number of nitro benzene ring substituents is 1. The van der Waals surface area contributed by atoms with E-state index in [1.54, 1.807) is 6.92 Å². The van der Waals surface area contributed by atoms with Crippen molar-refractivity contribution < 1.29 is 27.8 Å². The van der Waals surface area contributed by atoms with Crippen LogP contribution in [0.25, 0.3) is 0 Å². The summed E-state index contributed by atoms with van der Waals surface area (Å²) in [4.78, 5) is 10.2. The lowest BCUT2D eigenvalue weighted by atomic mass is 10.2. The van der Waals surface area contributed by atoms with E-state index in [4.69, 9.17) is 18.3 Å². The lowest BCUT2D eigenvalue weighted by Crippen LogP contribution is -2.05. The van der Waals surface area contributed by atoms with Gasteiger partial charge in [-0.15, -0.1) is 0 Å². The van der Waals surface area contributed by atoms with Crippen LogP contribution in [0.2, 0.25) is 0 Å². The van der Waals surface area contributed by atoms with Crippen molar-refractivity contribution in [2.45, 2.75) is 6.92 Å². The highest BCUT2D eigenvalue weighted by Crippen LogP contribution is 2.71. The Morgan fingerprint density at radius 2 is 2.12 bits per heavy atom. The van der Waals surface area contributed by atoms with E-state index in [-0.39, 0.29) is 23.0 Å². The number of phosphoric ester groups is 1. The van der Waals surface area contributed by atoms with Gasteiger partial charge in [-0.05, 0) is 6.92 Å². The maximum Gasteiger partial charge on any atom is 0.647 e. The van der Waals surface area contributed by atoms with E-state index in [1.165, 1.54) is 6.07 Å². The minimum Gasteiger partial charge on any atom is -0.490 e. The molecule has 17 heavy (non-hydrogen) atoms. The molecule has 0 aliphatic carbocycles. The van der Waals surface area contributed by atoms with Crippen LogP contribution in [0.4, 0.5) is 5.69 Å². The van der Waals surface area contributed by atoms with Gasteiger partial charge in [-0.3, -0.25) is 10.1 Å². The Balaban J connectivity index is 2.27. The predicted molar refractivity (Wildman–Crippen MR) is 53.8 cm³/mol. The summed E-state index contributed by atoms with van der Waals surface area (Å²) < 4.78 is 31.6. The normalized spacial score (nSPS) is 22.6. The fraction of sp³-hybridized carbons (Fsp3) is 0.250. The van der Waals surface area contributed by atoms with Crippen molar-refractivity contribution in [3.05, 3.63) is 16.2 Å². The van der Waals surface area contributed by atoms with Gasteiger partial charge in [-0.25, -0.2) is 0 Å². The van der Waals surface area contributed by atoms with Crippen molar-refractivity contribution >= 4 is 13.5 Å². The van der Waals surface area contributed by atoms with Gasteiger partial charge in [-0.2, -0.15) is 4.57 Å². The van der Waals surface area contributed by atoms with Crippen LogP contribution >= 0.6 is 7.82 Å². The largest absolute Gasteiger partial charge is 0.647 e. The summed E-state index contributed by atoms with van der Waals surface area (Å²) in [6, 6.07) is 1.28. The number of rotatable bonds is 3. The molecule has 0 radical (unpaired) electrons. The van der Waals surface area contributed by atoms with Crippen LogP contribution in [0.3, 0.4) is 0 Å². The molecule has 3 bridgehead atoms. The van der Waals surface area contributed by atoms with Crippen molar-refractivity contribution in [1.82, 2.24) is 0 Å². The van der Waals surface area contributed by atoms with Crippen molar-refractivity contribution in [2.24, 2.45) is 0 Å². The number of hydrogen-bond donors (Lipinski definition) is 0. The van der Waals surface area contributed by atoms with E-state index in [9.17, 15) is 14.7 Å². The zero-order valence-corrected chi connectivity index (χ0v) is 9.43. The second kappa shape index (κ2) is 3.04. The van der Waals surface area contributed by atoms with E-state index < -0.39 is 18.4 Å². The van der Waals surface area contributed by atoms with Gasteiger partial charge in [-0.1, -0.05) is 0 Å². The third-order valence-corrected chi connectivity index (χ3v) is 3.47. The van der Waals surface area contributed by atoms with Crippen LogP contribution in [0.15, 0.2) is 6.07 Å². The number of phosphoric acid groups is 1. The summed E-state index contributed by atoms with van der Waals surface area (Å²) in [7, 11) is -3.78. The zero-order chi connectivity index (χ0) is 12.2. The first kappa shape index (κ1) is 10.2. The van der Waals surface area contributed by atoms with Gasteiger partial charge >= 0.3 is 13.5 Å². The fourth-order valence-electron chi connectivity index (χ4n) is 1.66. The highest BCUT2D eigenvalue weighted by Gasteiger charge is 2.54. The summed E-state index contributed by atoms with van der Waals surface area (Å²) in [5.41, 5.74) is -0.396. The molecule has 2 aliphatic rings. The topological polar surface area (TPSA) is 97.1 Å². The van der Waals surface area contributed by atoms with Crippen molar-refractivity contribution in [1.29, 1.82) is 0 Å². The summed E-state index contributed by atoms with van der Waals surface area (Å²) in [6.07, 6.45) is 0. The Kier molecular flexibility index (Phi) is 1.83. The van der Waals surface area contributed by atoms with Crippen LogP contribution in [0.1, 0.15) is 6.92 Å². The number of fused-ring (bicyclic) bond motifs is 2. The number of hydrogen-bond acceptors (Lipinski definition) is 7. The van der Waals surface area contributed by atoms with Crippen molar-refractivity contribution in [3.8, 4) is 23.0 Å². The quantitative estimate of drug-likeness (QED) is 0.466. The smallest absolute Gasteiger partial charge is 0.490 e. The molecular formula is C8H6NO7P. The summed E-state index contributed by atoms with van der Waals surface area (Å²) >= 11 is 0. The first-order valence-corrected chi connectivity index (χ1v) is 6.17. The molecule has 2 heterocycles. The third-order valence-electron chi connectivity index (χ3n) is 2.24. The Bertz CT molecular complexity index is 578. The van der Waals surface area contributed by atoms with Gasteiger partial charge in [0.1, 0.15) is 0 Å². The van der Waals surface area contributed by atoms with Gasteiger partial charge < -0.3 is 18.3 Å². The molecule has 1 unspecified atom stereocenters. The van der Waals surface area contributed by atoms with Gasteiger partial charge in [0.15, 0.2) is 5.75 Å². The Labute approximate surface area is 94.8 Å². The molecule has 2 aliphatic heterocycles. The van der Waals surface area contributed by atoms with Crippen LogP contribution < -0.4 is 18.3 Å². The predicted octanol–water partition coefficient (Wildman–Crippen LogP) is 2.27. The molecule has 8 nitrogen and oxygen atoms in total. The molecule has 0 spiro atoms. The molecule has 0 aromatic heterocycles. The van der Waals surface area contributed by atoms with Gasteiger partial charge in [0.25, 0.3) is 5.75 Å². The van der Waals surface area contributed by atoms with Crippen molar-refractivity contribution in [3.63, 3.8) is 0 Å². The molecule has 1 atom stereocenters. The molecule has 0 fully saturated rings. The molecule has 0 saturated carbocycles. The Morgan fingerprint density at radius 1 is 1.41 bits per heavy atom. The van der Waals surface area contributed by atoms with Gasteiger partial charge in [0.2, 0.25) is 11.5 Å². The second-order valence-electron chi connectivity index (χ2n) is 3.29. The maximum absolute atomic E-state index is 11.8. The Morgan fingerprint density at radius 3 is 2.76 bits per heavy atom. The van der Waals surface area contributed by atoms with Gasteiger partial charge in [0, 0.05) is 6.07 Å². The lowest BCUT2D eigenvalue weighted by molar-refractivity contribution is -0.386. The molecule has 0 N–H and O–H groups in total. The highest BCUT2D eigenvalue weighted by atomic mass is 31.2. The van der Waals surface area contributed by atoms with E-state index in [0.717, 1.165) is 0 Å². The second-order valence-corrected chi connectivity index (χ2v) is 4.73. The van der Waals surface area contributed by atoms with E-state index in [1.807, 2.05) is 0 Å². The average molecular weight is 259 g/mol. The lowest BCUT2D eigenvalue weighted by Gasteiger charge is -2.13. The molecule has 9 heteroatoms. The van der Waals surface area contributed by atoms with Gasteiger partial charge in [0.05, 0.1) is 11.5 Å². The average Bonchev–Trinajstić information content (AvgIpc) is 2.42. The van der Waals surface area contributed by atoms with E-state index in [0.29, 0.717) is 6.61 Å². The SMILES string of the molecule is CCOc1cc2c([N+](=O)[O-])c3c1OP(=O)(O2)O3. The molecule has 1 aromatic carbocycles. The Hall–Kier alpha value is -1.95. The first-order chi connectivity index (χ1) is 8.04. The van der Waals surface area contributed by atoms with Crippen molar-refractivity contribution in [2.75, 3.05) is 6.61 Å². The van der Waals surface area contributed by atoms with Crippen LogP contribution in [-0.4, -0.2) is 11.5 Å². The molecule has 90 valence electrons. The number of nitro groups is 1. The summed E-state index contributed by atoms with van der Waals surface area (Å²) in [6.45, 7) is 2.07. The molecule has 0 saturated heterocycles.